The molecule has 0 fully saturated rings. The molecule has 0 radical (unpaired) electrons. The second-order valence-corrected chi connectivity index (χ2v) is 6.09. The highest BCUT2D eigenvalue weighted by Gasteiger charge is 2.47. The van der Waals surface area contributed by atoms with E-state index in [1.165, 1.54) is 6.08 Å². The average molecular weight is 369 g/mol. The third-order valence-electron chi connectivity index (χ3n) is 4.22. The lowest BCUT2D eigenvalue weighted by Gasteiger charge is -2.34. The molecule has 1 aliphatic rings. The molecule has 2 heterocycles. The number of fused-ring (bicyclic) bond motifs is 1. The first-order valence-electron chi connectivity index (χ1n) is 8.40. The molecule has 0 amide bonds. The molecule has 0 spiro atoms. The molecule has 1 aliphatic heterocycles. The van der Waals surface area contributed by atoms with Gasteiger partial charge in [0, 0.05) is 6.42 Å². The summed E-state index contributed by atoms with van der Waals surface area (Å²) in [7, 11) is 0. The summed E-state index contributed by atoms with van der Waals surface area (Å²) in [6, 6.07) is -2.54. The average Bonchev–Trinajstić information content (AvgIpc) is 3.00. The summed E-state index contributed by atoms with van der Waals surface area (Å²) >= 11 is 0. The zero-order valence-corrected chi connectivity index (χ0v) is 14.5. The molecule has 0 aliphatic carbocycles. The number of unbranched alkanes of at least 4 members (excludes halogenated alkanes) is 1. The Kier molecular flexibility index (Phi) is 6.28. The summed E-state index contributed by atoms with van der Waals surface area (Å²) < 4.78 is 41.3. The first kappa shape index (κ1) is 19.8. The second kappa shape index (κ2) is 8.25. The number of rotatable bonds is 7. The Morgan fingerprint density at radius 3 is 2.81 bits per heavy atom. The quantitative estimate of drug-likeness (QED) is 0.539. The Morgan fingerprint density at radius 2 is 2.23 bits per heavy atom. The fraction of sp³-hybridized carbons (Fsp3) is 0.444. The maximum absolute atomic E-state index is 13.5. The summed E-state index contributed by atoms with van der Waals surface area (Å²) in [4.78, 5) is 11.3. The van der Waals surface area contributed by atoms with Crippen LogP contribution in [0.1, 0.15) is 49.0 Å². The predicted molar refractivity (Wildman–Crippen MR) is 93.3 cm³/mol. The number of aromatic nitrogens is 2. The molecule has 0 saturated heterocycles. The first-order chi connectivity index (χ1) is 12.3. The molecule has 2 atom stereocenters. The number of halogens is 3. The SMILES string of the molecule is C=C/C=C(\C/C=C\CCC)C1CC(C(F)(F)F)n2ncc(C(=O)O)c2N1. The molecule has 5 nitrogen and oxygen atoms in total. The van der Waals surface area contributed by atoms with Gasteiger partial charge in [-0.3, -0.25) is 0 Å². The number of carboxylic acid groups (broad SMARTS) is 1. The van der Waals surface area contributed by atoms with Crippen molar-refractivity contribution < 1.29 is 23.1 Å². The van der Waals surface area contributed by atoms with Crippen LogP contribution in [0.5, 0.6) is 0 Å². The largest absolute Gasteiger partial charge is 0.477 e. The van der Waals surface area contributed by atoms with E-state index in [0.29, 0.717) is 12.0 Å². The van der Waals surface area contributed by atoms with Crippen LogP contribution in [0.3, 0.4) is 0 Å². The van der Waals surface area contributed by atoms with Crippen LogP contribution in [-0.2, 0) is 0 Å². The number of aromatic carboxylic acids is 1. The smallest absolute Gasteiger partial charge is 0.410 e. The topological polar surface area (TPSA) is 67.2 Å². The third-order valence-corrected chi connectivity index (χ3v) is 4.22. The van der Waals surface area contributed by atoms with Crippen molar-refractivity contribution in [2.24, 2.45) is 0 Å². The maximum Gasteiger partial charge on any atom is 0.410 e. The van der Waals surface area contributed by atoms with Crippen molar-refractivity contribution in [3.63, 3.8) is 0 Å². The minimum absolute atomic E-state index is 0.122. The van der Waals surface area contributed by atoms with E-state index in [0.717, 1.165) is 23.7 Å². The van der Waals surface area contributed by atoms with E-state index in [-0.39, 0.29) is 17.8 Å². The molecule has 26 heavy (non-hydrogen) atoms. The number of nitrogens with one attached hydrogen (secondary N) is 1. The van der Waals surface area contributed by atoms with Crippen molar-refractivity contribution in [2.75, 3.05) is 5.32 Å². The van der Waals surface area contributed by atoms with Crippen LogP contribution in [0.4, 0.5) is 19.0 Å². The molecule has 142 valence electrons. The van der Waals surface area contributed by atoms with Crippen LogP contribution in [0, 0.1) is 0 Å². The van der Waals surface area contributed by atoms with Crippen molar-refractivity contribution in [2.45, 2.75) is 50.9 Å². The van der Waals surface area contributed by atoms with E-state index in [4.69, 9.17) is 0 Å². The van der Waals surface area contributed by atoms with Crippen LogP contribution in [0.2, 0.25) is 0 Å². The first-order valence-corrected chi connectivity index (χ1v) is 8.40. The Balaban J connectivity index is 2.37. The van der Waals surface area contributed by atoms with Gasteiger partial charge in [0.15, 0.2) is 6.04 Å². The lowest BCUT2D eigenvalue weighted by atomic mass is 9.93. The molecular weight excluding hydrogens is 347 g/mol. The highest BCUT2D eigenvalue weighted by atomic mass is 19.4. The fourth-order valence-corrected chi connectivity index (χ4v) is 2.94. The van der Waals surface area contributed by atoms with Crippen LogP contribution in [0.15, 0.2) is 42.7 Å². The Hall–Kier alpha value is -2.51. The number of carbonyl (C=O) groups is 1. The second-order valence-electron chi connectivity index (χ2n) is 6.09. The highest BCUT2D eigenvalue weighted by molar-refractivity contribution is 5.93. The van der Waals surface area contributed by atoms with Crippen LogP contribution < -0.4 is 5.32 Å². The van der Waals surface area contributed by atoms with Crippen molar-refractivity contribution in [1.29, 1.82) is 0 Å². The number of hydrogen-bond donors (Lipinski definition) is 2. The minimum atomic E-state index is -4.53. The molecule has 8 heteroatoms. The van der Waals surface area contributed by atoms with Crippen molar-refractivity contribution in [1.82, 2.24) is 9.78 Å². The summed E-state index contributed by atoms with van der Waals surface area (Å²) in [6.07, 6.45) is 5.57. The molecule has 2 N–H and O–H groups in total. The summed E-state index contributed by atoms with van der Waals surface area (Å²) in [6.45, 7) is 5.66. The maximum atomic E-state index is 13.5. The highest BCUT2D eigenvalue weighted by Crippen LogP contribution is 2.41. The lowest BCUT2D eigenvalue weighted by Crippen LogP contribution is -2.40. The van der Waals surface area contributed by atoms with Gasteiger partial charge in [0.25, 0.3) is 0 Å². The molecule has 2 rings (SSSR count). The molecular formula is C18H22F3N3O2. The minimum Gasteiger partial charge on any atom is -0.477 e. The number of nitrogens with zero attached hydrogens (tertiary/aromatic N) is 2. The molecule has 0 saturated carbocycles. The number of anilines is 1. The number of alkyl halides is 3. The van der Waals surface area contributed by atoms with Gasteiger partial charge >= 0.3 is 12.1 Å². The zero-order chi connectivity index (χ0) is 19.3. The van der Waals surface area contributed by atoms with Crippen LogP contribution in [0.25, 0.3) is 0 Å². The van der Waals surface area contributed by atoms with Crippen molar-refractivity contribution >= 4 is 11.8 Å². The van der Waals surface area contributed by atoms with Crippen molar-refractivity contribution in [3.05, 3.63) is 48.2 Å². The van der Waals surface area contributed by atoms with Gasteiger partial charge in [-0.2, -0.15) is 18.3 Å². The van der Waals surface area contributed by atoms with Gasteiger partial charge in [0.2, 0.25) is 0 Å². The molecule has 2 unspecified atom stereocenters. The van der Waals surface area contributed by atoms with Gasteiger partial charge < -0.3 is 10.4 Å². The van der Waals surface area contributed by atoms with E-state index in [1.54, 1.807) is 6.08 Å². The molecule has 0 bridgehead atoms. The summed E-state index contributed by atoms with van der Waals surface area (Å²) in [5, 5.41) is 15.8. The number of carboxylic acids is 1. The van der Waals surface area contributed by atoms with Crippen LogP contribution >= 0.6 is 0 Å². The monoisotopic (exact) mass is 369 g/mol. The molecule has 0 aromatic carbocycles. The van der Waals surface area contributed by atoms with Gasteiger partial charge in [-0.25, -0.2) is 9.48 Å². The van der Waals surface area contributed by atoms with Crippen molar-refractivity contribution in [3.8, 4) is 0 Å². The van der Waals surface area contributed by atoms with Gasteiger partial charge in [0.05, 0.1) is 12.2 Å². The molecule has 1 aromatic heterocycles. The molecule has 1 aromatic rings. The number of hydrogen-bond acceptors (Lipinski definition) is 3. The zero-order valence-electron chi connectivity index (χ0n) is 14.5. The fourth-order valence-electron chi connectivity index (χ4n) is 2.94. The summed E-state index contributed by atoms with van der Waals surface area (Å²) in [5.74, 6) is -1.44. The van der Waals surface area contributed by atoms with Crippen LogP contribution in [-0.4, -0.2) is 33.1 Å². The van der Waals surface area contributed by atoms with Gasteiger partial charge in [-0.1, -0.05) is 44.2 Å². The Bertz CT molecular complexity index is 720. The van der Waals surface area contributed by atoms with Gasteiger partial charge in [-0.15, -0.1) is 0 Å². The summed E-state index contributed by atoms with van der Waals surface area (Å²) in [5.41, 5.74) is 0.439. The Morgan fingerprint density at radius 1 is 1.50 bits per heavy atom. The van der Waals surface area contributed by atoms with Gasteiger partial charge in [-0.05, 0) is 18.4 Å². The van der Waals surface area contributed by atoms with E-state index < -0.39 is 24.2 Å². The van der Waals surface area contributed by atoms with E-state index in [1.807, 2.05) is 19.1 Å². The van der Waals surface area contributed by atoms with E-state index in [9.17, 15) is 23.1 Å². The Labute approximate surface area is 149 Å². The third kappa shape index (κ3) is 4.36. The normalized spacial score (nSPS) is 20.7. The lowest BCUT2D eigenvalue weighted by molar-refractivity contribution is -0.173. The number of allylic oxidation sites excluding steroid dienone is 4. The predicted octanol–water partition coefficient (Wildman–Crippen LogP) is 4.73. The van der Waals surface area contributed by atoms with E-state index >= 15 is 0 Å². The van der Waals surface area contributed by atoms with Gasteiger partial charge in [0.1, 0.15) is 11.4 Å². The van der Waals surface area contributed by atoms with E-state index in [2.05, 4.69) is 17.0 Å². The standard InChI is InChI=1S/C18H22F3N3O2/c1-3-5-6-7-9-12(8-4-2)14-10-15(18(19,20)21)24-16(23-14)13(11-22-24)17(25)26/h4,6-8,11,14-15,23H,2-3,5,9-10H2,1H3,(H,25,26)/b7-6-,12-8+.